The van der Waals surface area contributed by atoms with Crippen molar-refractivity contribution in [3.63, 3.8) is 0 Å². The molecule has 91 valence electrons. The van der Waals surface area contributed by atoms with Crippen molar-refractivity contribution in [3.8, 4) is 0 Å². The largest absolute Gasteiger partial charge is 0.290 e. The van der Waals surface area contributed by atoms with Gasteiger partial charge in [-0.2, -0.15) is 0 Å². The molecule has 0 unspecified atom stereocenters. The van der Waals surface area contributed by atoms with Crippen molar-refractivity contribution in [2.75, 3.05) is 28.2 Å². The minimum absolute atomic E-state index is 0. The Kier molecular flexibility index (Phi) is 11.2. The van der Waals surface area contributed by atoms with Crippen molar-refractivity contribution in [1.29, 1.82) is 0 Å². The molecule has 2 nitrogen and oxygen atoms in total. The van der Waals surface area contributed by atoms with Crippen molar-refractivity contribution in [2.24, 2.45) is 0 Å². The Balaban J connectivity index is 0. The summed E-state index contributed by atoms with van der Waals surface area (Å²) in [7, 11) is 8.38. The van der Waals surface area contributed by atoms with E-state index in [0.717, 1.165) is 0 Å². The van der Waals surface area contributed by atoms with E-state index in [-0.39, 0.29) is 18.6 Å². The van der Waals surface area contributed by atoms with Gasteiger partial charge >= 0.3 is 0 Å². The molecule has 0 aliphatic carbocycles. The summed E-state index contributed by atoms with van der Waals surface area (Å²) in [4.78, 5) is 4.41. The van der Waals surface area contributed by atoms with Crippen LogP contribution in [0.25, 0.3) is 0 Å². The van der Waals surface area contributed by atoms with Crippen LogP contribution in [-0.2, 0) is 18.6 Å². The normalized spacial score (nSPS) is 9.81. The molecule has 0 atom stereocenters. The maximum atomic E-state index is 2.20. The minimum atomic E-state index is 0. The Morgan fingerprint density at radius 1 is 0.812 bits per heavy atom. The minimum Gasteiger partial charge on any atom is -0.290 e. The zero-order chi connectivity index (χ0) is 11.8. The first-order chi connectivity index (χ1) is 7.13. The van der Waals surface area contributed by atoms with Gasteiger partial charge in [0.1, 0.15) is 0 Å². The first-order valence-electron chi connectivity index (χ1n) is 5.50. The molecule has 0 saturated heterocycles. The van der Waals surface area contributed by atoms with Gasteiger partial charge in [0.15, 0.2) is 0 Å². The van der Waals surface area contributed by atoms with Crippen molar-refractivity contribution >= 4 is 0 Å². The first kappa shape index (κ1) is 18.1. The van der Waals surface area contributed by atoms with Gasteiger partial charge in [-0.1, -0.05) is 44.2 Å². The molecule has 0 bridgehead atoms. The summed E-state index contributed by atoms with van der Waals surface area (Å²) in [6, 6.07) is 10.5. The van der Waals surface area contributed by atoms with E-state index < -0.39 is 0 Å². The third kappa shape index (κ3) is 5.71. The molecule has 0 spiro atoms. The Hall–Kier alpha value is -0.276. The van der Waals surface area contributed by atoms with Gasteiger partial charge in [-0.05, 0) is 33.8 Å². The van der Waals surface area contributed by atoms with Gasteiger partial charge in [0.25, 0.3) is 0 Å². The third-order valence-corrected chi connectivity index (χ3v) is 2.08. The fourth-order valence-electron chi connectivity index (χ4n) is 1.68. The predicted molar refractivity (Wildman–Crippen MR) is 67.9 cm³/mol. The molecule has 0 aromatic heterocycles. The van der Waals surface area contributed by atoms with Crippen LogP contribution < -0.4 is 0 Å². The molecule has 0 amide bonds. The van der Waals surface area contributed by atoms with Gasteiger partial charge in [0, 0.05) is 18.6 Å². The Morgan fingerprint density at radius 3 is 1.50 bits per heavy atom. The second-order valence-electron chi connectivity index (χ2n) is 3.71. The number of nitrogens with zero attached hydrogens (tertiary/aromatic N) is 2. The standard InChI is InChI=1S/C11H18N2.C2H6.V/c1-12(2)11(13(3)4)10-8-6-5-7-9-10;1-2;/h5-9,11H,1-4H3;1-2H3;. The summed E-state index contributed by atoms with van der Waals surface area (Å²) in [6.45, 7) is 4.00. The fraction of sp³-hybridized carbons (Fsp3) is 0.538. The average Bonchev–Trinajstić information content (AvgIpc) is 2.21. The van der Waals surface area contributed by atoms with Gasteiger partial charge in [-0.3, -0.25) is 9.80 Å². The summed E-state index contributed by atoms with van der Waals surface area (Å²) in [5.74, 6) is 0. The summed E-state index contributed by atoms with van der Waals surface area (Å²) >= 11 is 0. The smallest absolute Gasteiger partial charge is 0.0876 e. The van der Waals surface area contributed by atoms with E-state index in [0.29, 0.717) is 6.17 Å². The molecule has 16 heavy (non-hydrogen) atoms. The molecular formula is C13H24N2V. The van der Waals surface area contributed by atoms with Crippen LogP contribution in [0.4, 0.5) is 0 Å². The van der Waals surface area contributed by atoms with E-state index in [1.807, 2.05) is 19.9 Å². The van der Waals surface area contributed by atoms with Crippen molar-refractivity contribution in [1.82, 2.24) is 9.80 Å². The first-order valence-corrected chi connectivity index (χ1v) is 5.50. The summed E-state index contributed by atoms with van der Waals surface area (Å²) in [5.41, 5.74) is 1.33. The van der Waals surface area contributed by atoms with Gasteiger partial charge < -0.3 is 0 Å². The van der Waals surface area contributed by atoms with Crippen LogP contribution in [0.5, 0.6) is 0 Å². The third-order valence-electron chi connectivity index (χ3n) is 2.08. The monoisotopic (exact) mass is 259 g/mol. The second kappa shape index (κ2) is 9.92. The van der Waals surface area contributed by atoms with E-state index in [2.05, 4.69) is 62.3 Å². The van der Waals surface area contributed by atoms with Crippen LogP contribution in [0.1, 0.15) is 25.6 Å². The zero-order valence-electron chi connectivity index (χ0n) is 11.3. The van der Waals surface area contributed by atoms with E-state index >= 15 is 0 Å². The molecule has 0 N–H and O–H groups in total. The molecule has 0 saturated carbocycles. The molecular weight excluding hydrogens is 235 g/mol. The van der Waals surface area contributed by atoms with Crippen molar-refractivity contribution < 1.29 is 18.6 Å². The van der Waals surface area contributed by atoms with Crippen LogP contribution in [0.15, 0.2) is 30.3 Å². The molecule has 1 aromatic carbocycles. The van der Waals surface area contributed by atoms with Gasteiger partial charge in [0.2, 0.25) is 0 Å². The van der Waals surface area contributed by atoms with Gasteiger partial charge in [0.05, 0.1) is 6.17 Å². The van der Waals surface area contributed by atoms with E-state index in [9.17, 15) is 0 Å². The Labute approximate surface area is 113 Å². The summed E-state index contributed by atoms with van der Waals surface area (Å²) in [6.07, 6.45) is 0.362. The van der Waals surface area contributed by atoms with Crippen LogP contribution in [0.3, 0.4) is 0 Å². The van der Waals surface area contributed by atoms with Crippen molar-refractivity contribution in [2.45, 2.75) is 20.0 Å². The Morgan fingerprint density at radius 2 is 1.19 bits per heavy atom. The molecule has 0 aliphatic rings. The number of benzene rings is 1. The zero-order valence-corrected chi connectivity index (χ0v) is 12.7. The average molecular weight is 259 g/mol. The number of rotatable bonds is 3. The van der Waals surface area contributed by atoms with Crippen molar-refractivity contribution in [3.05, 3.63) is 35.9 Å². The van der Waals surface area contributed by atoms with Gasteiger partial charge in [-0.25, -0.2) is 0 Å². The molecule has 3 heteroatoms. The molecule has 0 aliphatic heterocycles. The van der Waals surface area contributed by atoms with Crippen LogP contribution in [0.2, 0.25) is 0 Å². The second-order valence-corrected chi connectivity index (χ2v) is 3.71. The van der Waals surface area contributed by atoms with E-state index in [4.69, 9.17) is 0 Å². The fourth-order valence-corrected chi connectivity index (χ4v) is 1.68. The topological polar surface area (TPSA) is 6.48 Å². The molecule has 0 fully saturated rings. The molecule has 0 heterocycles. The maximum Gasteiger partial charge on any atom is 0.0876 e. The van der Waals surface area contributed by atoms with Crippen LogP contribution in [-0.4, -0.2) is 38.0 Å². The molecule has 1 aromatic rings. The summed E-state index contributed by atoms with van der Waals surface area (Å²) < 4.78 is 0. The van der Waals surface area contributed by atoms with E-state index in [1.54, 1.807) is 0 Å². The molecule has 1 rings (SSSR count). The number of hydrogen-bond acceptors (Lipinski definition) is 2. The van der Waals surface area contributed by atoms with Gasteiger partial charge in [-0.15, -0.1) is 0 Å². The van der Waals surface area contributed by atoms with Crippen LogP contribution >= 0.6 is 0 Å². The van der Waals surface area contributed by atoms with E-state index in [1.165, 1.54) is 5.56 Å². The SMILES string of the molecule is CC.CN(C)C(c1ccccc1)N(C)C.[V]. The predicted octanol–water partition coefficient (Wildman–Crippen LogP) is 2.83. The quantitative estimate of drug-likeness (QED) is 0.770. The molecule has 1 radical (unpaired) electrons. The maximum absolute atomic E-state index is 2.20. The van der Waals surface area contributed by atoms with Crippen LogP contribution in [0, 0.1) is 0 Å². The number of hydrogen-bond donors (Lipinski definition) is 0. The summed E-state index contributed by atoms with van der Waals surface area (Å²) in [5, 5.41) is 0. The Bertz CT molecular complexity index is 239.